The summed E-state index contributed by atoms with van der Waals surface area (Å²) in [5, 5.41) is 15.2. The number of benzene rings is 2. The van der Waals surface area contributed by atoms with Crippen LogP contribution in [0.3, 0.4) is 0 Å². The van der Waals surface area contributed by atoms with Gasteiger partial charge in [0, 0.05) is 41.7 Å². The molecule has 6 heteroatoms. The van der Waals surface area contributed by atoms with E-state index in [4.69, 9.17) is 0 Å². The van der Waals surface area contributed by atoms with Crippen LogP contribution < -0.4 is 5.32 Å². The van der Waals surface area contributed by atoms with E-state index in [-0.39, 0.29) is 17.6 Å². The standard InChI is InChI=1S/C28H36FN3O2/c1-2-3-10-25-11-4-5-15-31(25)16-7-14-30-27(33)22-12-13-23-20-32(28(34)26(23)18-22)19-21-8-6-9-24(29)17-21/h6,8-9,12-13,17-18,20,25,34H,2-5,7,10-11,14-16,19H2,1H3,(H,30,33). The zero-order valence-corrected chi connectivity index (χ0v) is 20.1. The van der Waals surface area contributed by atoms with Crippen molar-refractivity contribution in [2.24, 2.45) is 0 Å². The number of hydrogen-bond donors (Lipinski definition) is 2. The average Bonchev–Trinajstić information content (AvgIpc) is 3.15. The fourth-order valence-electron chi connectivity index (χ4n) is 5.05. The van der Waals surface area contributed by atoms with E-state index in [1.807, 2.05) is 18.3 Å². The van der Waals surface area contributed by atoms with Gasteiger partial charge < -0.3 is 19.9 Å². The molecule has 0 saturated carbocycles. The normalized spacial score (nSPS) is 16.7. The molecule has 2 heterocycles. The van der Waals surface area contributed by atoms with Crippen molar-refractivity contribution in [3.63, 3.8) is 0 Å². The number of carbonyl (C=O) groups excluding carboxylic acids is 1. The van der Waals surface area contributed by atoms with Gasteiger partial charge in [0.2, 0.25) is 0 Å². The van der Waals surface area contributed by atoms with Crippen LogP contribution in [0.1, 0.15) is 67.8 Å². The second-order valence-corrected chi connectivity index (χ2v) is 9.45. The van der Waals surface area contributed by atoms with Crippen LogP contribution in [-0.4, -0.2) is 46.2 Å². The van der Waals surface area contributed by atoms with Crippen LogP contribution in [0.25, 0.3) is 10.8 Å². The lowest BCUT2D eigenvalue weighted by Gasteiger charge is -2.36. The van der Waals surface area contributed by atoms with E-state index in [1.165, 1.54) is 57.2 Å². The number of likely N-dealkylation sites (tertiary alicyclic amines) is 1. The quantitative estimate of drug-likeness (QED) is 0.378. The topological polar surface area (TPSA) is 57.5 Å². The van der Waals surface area contributed by atoms with E-state index in [1.54, 1.807) is 22.8 Å². The molecule has 5 nitrogen and oxygen atoms in total. The van der Waals surface area contributed by atoms with Gasteiger partial charge in [0.05, 0.1) is 6.54 Å². The second kappa shape index (κ2) is 11.5. The average molecular weight is 466 g/mol. The largest absolute Gasteiger partial charge is 0.494 e. The van der Waals surface area contributed by atoms with Crippen molar-refractivity contribution in [3.05, 3.63) is 65.6 Å². The predicted octanol–water partition coefficient (Wildman–Crippen LogP) is 5.70. The molecule has 1 saturated heterocycles. The Labute approximate surface area is 201 Å². The van der Waals surface area contributed by atoms with Crippen molar-refractivity contribution in [1.29, 1.82) is 0 Å². The molecular formula is C28H36FN3O2. The molecule has 0 spiro atoms. The van der Waals surface area contributed by atoms with E-state index < -0.39 is 0 Å². The highest BCUT2D eigenvalue weighted by molar-refractivity contribution is 6.00. The monoisotopic (exact) mass is 465 g/mol. The number of hydrogen-bond acceptors (Lipinski definition) is 3. The molecule has 4 rings (SSSR count). The van der Waals surface area contributed by atoms with Crippen LogP contribution in [0.4, 0.5) is 4.39 Å². The minimum Gasteiger partial charge on any atom is -0.494 e. The summed E-state index contributed by atoms with van der Waals surface area (Å²) in [7, 11) is 0. The molecule has 2 aromatic carbocycles. The Bertz CT molecular complexity index is 1110. The van der Waals surface area contributed by atoms with Gasteiger partial charge in [-0.2, -0.15) is 0 Å². The van der Waals surface area contributed by atoms with Crippen LogP contribution in [0.2, 0.25) is 0 Å². The summed E-state index contributed by atoms with van der Waals surface area (Å²) in [6, 6.07) is 12.4. The number of fused-ring (bicyclic) bond motifs is 1. The molecule has 1 aromatic heterocycles. The first-order valence-corrected chi connectivity index (χ1v) is 12.6. The maximum atomic E-state index is 13.5. The molecule has 1 atom stereocenters. The molecule has 182 valence electrons. The molecular weight excluding hydrogens is 429 g/mol. The van der Waals surface area contributed by atoms with Gasteiger partial charge in [-0.25, -0.2) is 4.39 Å². The van der Waals surface area contributed by atoms with Crippen molar-refractivity contribution >= 4 is 16.7 Å². The zero-order valence-electron chi connectivity index (χ0n) is 20.1. The smallest absolute Gasteiger partial charge is 0.251 e. The molecule has 1 unspecified atom stereocenters. The van der Waals surface area contributed by atoms with Crippen LogP contribution in [0.5, 0.6) is 5.88 Å². The summed E-state index contributed by atoms with van der Waals surface area (Å²) in [4.78, 5) is 15.3. The third-order valence-electron chi connectivity index (χ3n) is 6.91. The Hall–Kier alpha value is -2.86. The van der Waals surface area contributed by atoms with Gasteiger partial charge in [-0.15, -0.1) is 0 Å². The molecule has 1 aliphatic rings. The van der Waals surface area contributed by atoms with Gasteiger partial charge in [-0.1, -0.05) is 44.4 Å². The summed E-state index contributed by atoms with van der Waals surface area (Å²) in [5.41, 5.74) is 1.30. The predicted molar refractivity (Wildman–Crippen MR) is 135 cm³/mol. The fraction of sp³-hybridized carbons (Fsp3) is 0.464. The number of aromatic hydroxyl groups is 1. The molecule has 0 radical (unpaired) electrons. The van der Waals surface area contributed by atoms with Crippen LogP contribution in [0.15, 0.2) is 48.7 Å². The highest BCUT2D eigenvalue weighted by Gasteiger charge is 2.21. The number of carbonyl (C=O) groups is 1. The van der Waals surface area contributed by atoms with Crippen LogP contribution in [-0.2, 0) is 6.54 Å². The van der Waals surface area contributed by atoms with Crippen LogP contribution in [0, 0.1) is 5.82 Å². The van der Waals surface area contributed by atoms with E-state index in [0.717, 1.165) is 23.9 Å². The molecule has 1 aliphatic heterocycles. The van der Waals surface area contributed by atoms with Gasteiger partial charge in [0.1, 0.15) is 5.82 Å². The number of unbranched alkanes of at least 4 members (excludes halogenated alkanes) is 1. The second-order valence-electron chi connectivity index (χ2n) is 9.45. The first-order valence-electron chi connectivity index (χ1n) is 12.6. The SMILES string of the molecule is CCCCC1CCCCN1CCCNC(=O)c1ccc2cn(Cc3cccc(F)c3)c(O)c2c1. The lowest BCUT2D eigenvalue weighted by atomic mass is 9.97. The number of nitrogens with one attached hydrogen (secondary N) is 1. The van der Waals surface area contributed by atoms with Crippen molar-refractivity contribution in [2.45, 2.75) is 64.5 Å². The summed E-state index contributed by atoms with van der Waals surface area (Å²) < 4.78 is 15.2. The molecule has 2 N–H and O–H groups in total. The maximum absolute atomic E-state index is 13.5. The van der Waals surface area contributed by atoms with Gasteiger partial charge >= 0.3 is 0 Å². The lowest BCUT2D eigenvalue weighted by molar-refractivity contribution is 0.0947. The highest BCUT2D eigenvalue weighted by atomic mass is 19.1. The third kappa shape index (κ3) is 5.98. The molecule has 1 amide bonds. The minimum absolute atomic E-state index is 0.0807. The Morgan fingerprint density at radius 1 is 1.18 bits per heavy atom. The fourth-order valence-corrected chi connectivity index (χ4v) is 5.05. The van der Waals surface area contributed by atoms with Gasteiger partial charge in [0.15, 0.2) is 5.88 Å². The highest BCUT2D eigenvalue weighted by Crippen LogP contribution is 2.29. The van der Waals surface area contributed by atoms with Crippen molar-refractivity contribution in [3.8, 4) is 5.88 Å². The number of nitrogens with zero attached hydrogens (tertiary/aromatic N) is 2. The number of amides is 1. The van der Waals surface area contributed by atoms with Gasteiger partial charge in [-0.05, 0) is 62.1 Å². The Balaban J connectivity index is 1.33. The first kappa shape index (κ1) is 24.3. The minimum atomic E-state index is -0.301. The van der Waals surface area contributed by atoms with Gasteiger partial charge in [0.25, 0.3) is 5.91 Å². The van der Waals surface area contributed by atoms with E-state index in [0.29, 0.717) is 30.1 Å². The summed E-state index contributed by atoms with van der Waals surface area (Å²) in [6.07, 6.45) is 10.5. The summed E-state index contributed by atoms with van der Waals surface area (Å²) >= 11 is 0. The summed E-state index contributed by atoms with van der Waals surface area (Å²) in [5.74, 6) is -0.345. The Morgan fingerprint density at radius 2 is 2.06 bits per heavy atom. The third-order valence-corrected chi connectivity index (χ3v) is 6.91. The first-order chi connectivity index (χ1) is 16.5. The lowest BCUT2D eigenvalue weighted by Crippen LogP contribution is -2.41. The van der Waals surface area contributed by atoms with E-state index >= 15 is 0 Å². The molecule has 34 heavy (non-hydrogen) atoms. The Morgan fingerprint density at radius 3 is 2.88 bits per heavy atom. The van der Waals surface area contributed by atoms with Crippen molar-refractivity contribution in [1.82, 2.24) is 14.8 Å². The van der Waals surface area contributed by atoms with E-state index in [9.17, 15) is 14.3 Å². The van der Waals surface area contributed by atoms with Crippen molar-refractivity contribution in [2.75, 3.05) is 19.6 Å². The Kier molecular flexibility index (Phi) is 8.22. The van der Waals surface area contributed by atoms with Crippen LogP contribution >= 0.6 is 0 Å². The summed E-state index contributed by atoms with van der Waals surface area (Å²) in [6.45, 7) is 5.44. The molecule has 0 bridgehead atoms. The zero-order chi connectivity index (χ0) is 23.9. The molecule has 0 aliphatic carbocycles. The van der Waals surface area contributed by atoms with Gasteiger partial charge in [-0.3, -0.25) is 4.79 Å². The maximum Gasteiger partial charge on any atom is 0.251 e. The number of halogens is 1. The number of rotatable bonds is 10. The van der Waals surface area contributed by atoms with Crippen molar-refractivity contribution < 1.29 is 14.3 Å². The number of piperidine rings is 1. The number of aromatic nitrogens is 1. The van der Waals surface area contributed by atoms with E-state index in [2.05, 4.69) is 17.1 Å². The molecule has 1 fully saturated rings. The molecule has 3 aromatic rings.